The number of fused-ring (bicyclic) bond motifs is 2. The topological polar surface area (TPSA) is 17.1 Å². The number of hydrogen-bond donors (Lipinski definition) is 0. The largest absolute Gasteiger partial charge is 0.294 e. The normalized spacial score (nSPS) is 34.2. The van der Waals surface area contributed by atoms with Gasteiger partial charge < -0.3 is 0 Å². The van der Waals surface area contributed by atoms with Crippen molar-refractivity contribution in [3.05, 3.63) is 41.0 Å². The number of Topliss-reactive ketones (excluding diaryl/α,β-unsaturated/α-hetero) is 1. The zero-order valence-corrected chi connectivity index (χ0v) is 12.3. The third kappa shape index (κ3) is 1.57. The molecule has 0 amide bonds. The molecule has 2 atom stereocenters. The molecule has 2 saturated carbocycles. The van der Waals surface area contributed by atoms with E-state index in [1.165, 1.54) is 5.56 Å². The van der Waals surface area contributed by atoms with Crippen molar-refractivity contribution >= 4 is 11.9 Å². The molecule has 0 radical (unpaired) electrons. The fraction of sp³-hybridized carbons (Fsp3) is 0.500. The molecule has 0 aromatic heterocycles. The van der Waals surface area contributed by atoms with Crippen LogP contribution in [0.1, 0.15) is 44.7 Å². The zero-order valence-electron chi connectivity index (χ0n) is 12.3. The SMILES string of the molecule is Cc1ccc(C=C2C(=O)[C@]3(C)CCC2C3(C)C)cc1. The summed E-state index contributed by atoms with van der Waals surface area (Å²) in [5.74, 6) is 0.820. The molecule has 100 valence electrons. The van der Waals surface area contributed by atoms with E-state index in [1.54, 1.807) is 0 Å². The zero-order chi connectivity index (χ0) is 13.8. The summed E-state index contributed by atoms with van der Waals surface area (Å²) >= 11 is 0. The predicted octanol–water partition coefficient (Wildman–Crippen LogP) is 4.40. The summed E-state index contributed by atoms with van der Waals surface area (Å²) in [7, 11) is 0. The number of carbonyl (C=O) groups is 1. The van der Waals surface area contributed by atoms with Gasteiger partial charge in [0, 0.05) is 5.41 Å². The summed E-state index contributed by atoms with van der Waals surface area (Å²) in [4.78, 5) is 12.7. The van der Waals surface area contributed by atoms with Crippen LogP contribution in [0.4, 0.5) is 0 Å². The van der Waals surface area contributed by atoms with E-state index < -0.39 is 0 Å². The van der Waals surface area contributed by atoms with E-state index in [2.05, 4.69) is 58.0 Å². The Morgan fingerprint density at radius 1 is 1.16 bits per heavy atom. The van der Waals surface area contributed by atoms with Crippen molar-refractivity contribution in [2.24, 2.45) is 16.7 Å². The number of hydrogen-bond acceptors (Lipinski definition) is 1. The maximum atomic E-state index is 12.7. The highest BCUT2D eigenvalue weighted by molar-refractivity contribution is 6.07. The quantitative estimate of drug-likeness (QED) is 0.679. The molecule has 1 nitrogen and oxygen atoms in total. The third-order valence-electron chi connectivity index (χ3n) is 5.76. The van der Waals surface area contributed by atoms with Crippen LogP contribution >= 0.6 is 0 Å². The molecule has 2 bridgehead atoms. The smallest absolute Gasteiger partial charge is 0.165 e. The van der Waals surface area contributed by atoms with Crippen molar-refractivity contribution < 1.29 is 4.79 Å². The molecule has 1 unspecified atom stereocenters. The predicted molar refractivity (Wildman–Crippen MR) is 78.8 cm³/mol. The lowest BCUT2D eigenvalue weighted by Crippen LogP contribution is -2.32. The van der Waals surface area contributed by atoms with Crippen LogP contribution in [0.15, 0.2) is 29.8 Å². The third-order valence-corrected chi connectivity index (χ3v) is 5.76. The Bertz CT molecular complexity index is 562. The molecule has 2 aliphatic carbocycles. The fourth-order valence-electron chi connectivity index (χ4n) is 3.94. The molecule has 1 heteroatoms. The molecular formula is C18H22O. The minimum Gasteiger partial charge on any atom is -0.294 e. The van der Waals surface area contributed by atoms with Gasteiger partial charge >= 0.3 is 0 Å². The second-order valence-electron chi connectivity index (χ2n) is 6.98. The average molecular weight is 254 g/mol. The summed E-state index contributed by atoms with van der Waals surface area (Å²) in [6.07, 6.45) is 4.33. The maximum Gasteiger partial charge on any atom is 0.165 e. The van der Waals surface area contributed by atoms with Gasteiger partial charge in [-0.3, -0.25) is 4.79 Å². The number of benzene rings is 1. The van der Waals surface area contributed by atoms with E-state index in [1.807, 2.05) is 0 Å². The van der Waals surface area contributed by atoms with Gasteiger partial charge in [0.2, 0.25) is 0 Å². The Morgan fingerprint density at radius 3 is 2.32 bits per heavy atom. The second-order valence-corrected chi connectivity index (χ2v) is 6.98. The van der Waals surface area contributed by atoms with E-state index in [4.69, 9.17) is 0 Å². The second kappa shape index (κ2) is 3.82. The highest BCUT2D eigenvalue weighted by atomic mass is 16.1. The highest BCUT2D eigenvalue weighted by Gasteiger charge is 2.63. The molecule has 0 saturated heterocycles. The van der Waals surface area contributed by atoms with Crippen LogP contribution in [0, 0.1) is 23.7 Å². The number of aryl methyl sites for hydroxylation is 1. The Morgan fingerprint density at radius 2 is 1.79 bits per heavy atom. The van der Waals surface area contributed by atoms with E-state index in [0.29, 0.717) is 11.7 Å². The molecule has 2 fully saturated rings. The van der Waals surface area contributed by atoms with Crippen LogP contribution in [0.5, 0.6) is 0 Å². The van der Waals surface area contributed by atoms with Gasteiger partial charge in [0.05, 0.1) is 0 Å². The molecule has 19 heavy (non-hydrogen) atoms. The standard InChI is InChI=1S/C18H22O/c1-12-5-7-13(8-6-12)11-14-15-9-10-18(4,16(14)19)17(15,2)3/h5-8,11,15H,9-10H2,1-4H3/t15?,18-/m0/s1. The molecule has 1 aromatic carbocycles. The lowest BCUT2D eigenvalue weighted by molar-refractivity contribution is -0.125. The van der Waals surface area contributed by atoms with Crippen molar-refractivity contribution in [2.45, 2.75) is 40.5 Å². The Labute approximate surface area is 115 Å². The molecule has 2 aliphatic rings. The molecule has 3 rings (SSSR count). The summed E-state index contributed by atoms with van der Waals surface area (Å²) < 4.78 is 0. The van der Waals surface area contributed by atoms with Gasteiger partial charge in [-0.25, -0.2) is 0 Å². The van der Waals surface area contributed by atoms with Crippen LogP contribution in [-0.4, -0.2) is 5.78 Å². The first-order chi connectivity index (χ1) is 8.86. The summed E-state index contributed by atoms with van der Waals surface area (Å²) in [6.45, 7) is 8.77. The van der Waals surface area contributed by atoms with Gasteiger partial charge in [0.15, 0.2) is 5.78 Å². The first-order valence-corrected chi connectivity index (χ1v) is 7.19. The molecule has 0 N–H and O–H groups in total. The van der Waals surface area contributed by atoms with Gasteiger partial charge in [0.1, 0.15) is 0 Å². The highest BCUT2D eigenvalue weighted by Crippen LogP contribution is 2.65. The molecular weight excluding hydrogens is 232 g/mol. The Balaban J connectivity index is 2.04. The molecule has 0 spiro atoms. The van der Waals surface area contributed by atoms with Crippen molar-refractivity contribution in [3.8, 4) is 0 Å². The van der Waals surface area contributed by atoms with Crippen LogP contribution < -0.4 is 0 Å². The fourth-order valence-corrected chi connectivity index (χ4v) is 3.94. The van der Waals surface area contributed by atoms with Crippen LogP contribution in [0.2, 0.25) is 0 Å². The minimum atomic E-state index is -0.145. The van der Waals surface area contributed by atoms with E-state index in [9.17, 15) is 4.79 Å². The van der Waals surface area contributed by atoms with Gasteiger partial charge in [-0.2, -0.15) is 0 Å². The van der Waals surface area contributed by atoms with Crippen molar-refractivity contribution in [1.29, 1.82) is 0 Å². The van der Waals surface area contributed by atoms with Crippen molar-refractivity contribution in [2.75, 3.05) is 0 Å². The van der Waals surface area contributed by atoms with Crippen molar-refractivity contribution in [1.82, 2.24) is 0 Å². The maximum absolute atomic E-state index is 12.7. The average Bonchev–Trinajstić information content (AvgIpc) is 2.66. The molecule has 0 aliphatic heterocycles. The van der Waals surface area contributed by atoms with E-state index in [0.717, 1.165) is 24.0 Å². The van der Waals surface area contributed by atoms with Crippen LogP contribution in [-0.2, 0) is 4.79 Å². The van der Waals surface area contributed by atoms with Gasteiger partial charge in [-0.1, -0.05) is 50.6 Å². The lowest BCUT2D eigenvalue weighted by atomic mass is 9.70. The molecule has 0 heterocycles. The van der Waals surface area contributed by atoms with Gasteiger partial charge in [0.25, 0.3) is 0 Å². The van der Waals surface area contributed by atoms with Crippen molar-refractivity contribution in [3.63, 3.8) is 0 Å². The summed E-state index contributed by atoms with van der Waals surface area (Å²) in [5, 5.41) is 0. The number of allylic oxidation sites excluding steroid dienone is 1. The first kappa shape index (κ1) is 12.7. The first-order valence-electron chi connectivity index (χ1n) is 7.19. The summed E-state index contributed by atoms with van der Waals surface area (Å²) in [5.41, 5.74) is 3.44. The van der Waals surface area contributed by atoms with Gasteiger partial charge in [-0.15, -0.1) is 0 Å². The van der Waals surface area contributed by atoms with Crippen LogP contribution in [0.3, 0.4) is 0 Å². The van der Waals surface area contributed by atoms with E-state index in [-0.39, 0.29) is 10.8 Å². The minimum absolute atomic E-state index is 0.112. The summed E-state index contributed by atoms with van der Waals surface area (Å²) in [6, 6.07) is 8.43. The van der Waals surface area contributed by atoms with Crippen LogP contribution in [0.25, 0.3) is 6.08 Å². The monoisotopic (exact) mass is 254 g/mol. The lowest BCUT2D eigenvalue weighted by Gasteiger charge is -2.31. The number of carbonyl (C=O) groups excluding carboxylic acids is 1. The van der Waals surface area contributed by atoms with Gasteiger partial charge in [-0.05, 0) is 48.3 Å². The number of ketones is 1. The van der Waals surface area contributed by atoms with E-state index >= 15 is 0 Å². The number of rotatable bonds is 1. The molecule has 1 aromatic rings. The Hall–Kier alpha value is -1.37. The Kier molecular flexibility index (Phi) is 2.54.